The van der Waals surface area contributed by atoms with E-state index in [-0.39, 0.29) is 24.0 Å². The number of aromatic hydroxyl groups is 1. The fourth-order valence-corrected chi connectivity index (χ4v) is 5.86. The van der Waals surface area contributed by atoms with Crippen LogP contribution in [-0.4, -0.2) is 74.7 Å². The number of piperidine rings is 1. The molecule has 0 amide bonds. The van der Waals surface area contributed by atoms with Crippen molar-refractivity contribution in [3.05, 3.63) is 35.1 Å². The summed E-state index contributed by atoms with van der Waals surface area (Å²) in [6, 6.07) is 3.25. The number of aliphatic carboxylic acids is 1. The monoisotopic (exact) mass is 417 g/mol. The first-order chi connectivity index (χ1) is 14.2. The largest absolute Gasteiger partial charge is 0.504 e. The zero-order chi connectivity index (χ0) is 21.4. The van der Waals surface area contributed by atoms with E-state index in [9.17, 15) is 24.9 Å². The molecule has 1 fully saturated rings. The molecule has 0 unspecified atom stereocenters. The lowest BCUT2D eigenvalue weighted by atomic mass is 9.50. The molecule has 5 atom stereocenters. The highest BCUT2D eigenvalue weighted by atomic mass is 16.6. The molecular weight excluding hydrogens is 394 g/mol. The van der Waals surface area contributed by atoms with Crippen molar-refractivity contribution in [2.75, 3.05) is 13.6 Å². The molecule has 2 bridgehead atoms. The van der Waals surface area contributed by atoms with Gasteiger partial charge < -0.3 is 34.8 Å². The van der Waals surface area contributed by atoms with Gasteiger partial charge in [0.25, 0.3) is 0 Å². The van der Waals surface area contributed by atoms with Gasteiger partial charge in [0.2, 0.25) is 0 Å². The number of aliphatic hydroxyl groups is 2. The van der Waals surface area contributed by atoms with Crippen LogP contribution >= 0.6 is 0 Å². The maximum atomic E-state index is 12.3. The van der Waals surface area contributed by atoms with E-state index in [1.165, 1.54) is 0 Å². The third-order valence-corrected chi connectivity index (χ3v) is 7.23. The predicted octanol–water partition coefficient (Wildman–Crippen LogP) is 0.0487. The van der Waals surface area contributed by atoms with Gasteiger partial charge in [-0.05, 0) is 44.1 Å². The van der Waals surface area contributed by atoms with Crippen LogP contribution in [0.25, 0.3) is 0 Å². The second-order valence-corrected chi connectivity index (χ2v) is 8.63. The van der Waals surface area contributed by atoms with Crippen LogP contribution in [0.1, 0.15) is 30.4 Å². The van der Waals surface area contributed by atoms with Gasteiger partial charge in [-0.25, -0.2) is 4.79 Å². The van der Waals surface area contributed by atoms with Crippen molar-refractivity contribution < 1.29 is 39.5 Å². The Morgan fingerprint density at radius 2 is 2.17 bits per heavy atom. The summed E-state index contributed by atoms with van der Waals surface area (Å²) in [6.45, 7) is 0.695. The maximum Gasteiger partial charge on any atom is 0.333 e. The summed E-state index contributed by atoms with van der Waals surface area (Å²) in [4.78, 5) is 25.2. The Labute approximate surface area is 172 Å². The molecule has 4 aliphatic rings. The summed E-state index contributed by atoms with van der Waals surface area (Å²) in [6.07, 6.45) is -0.421. The lowest BCUT2D eigenvalue weighted by molar-refractivity contribution is -0.170. The van der Waals surface area contributed by atoms with E-state index in [1.54, 1.807) is 12.1 Å². The molecule has 5 rings (SSSR count). The Morgan fingerprint density at radius 3 is 2.90 bits per heavy atom. The Morgan fingerprint density at radius 1 is 1.40 bits per heavy atom. The third kappa shape index (κ3) is 2.28. The van der Waals surface area contributed by atoms with E-state index in [0.717, 1.165) is 11.1 Å². The second kappa shape index (κ2) is 6.19. The zero-order valence-electron chi connectivity index (χ0n) is 16.4. The molecule has 0 radical (unpaired) electrons. The summed E-state index contributed by atoms with van der Waals surface area (Å²) < 4.78 is 11.6. The van der Waals surface area contributed by atoms with Gasteiger partial charge in [-0.2, -0.15) is 0 Å². The van der Waals surface area contributed by atoms with Gasteiger partial charge in [-0.15, -0.1) is 0 Å². The van der Waals surface area contributed by atoms with Crippen LogP contribution in [-0.2, 0) is 26.2 Å². The van der Waals surface area contributed by atoms with Crippen LogP contribution in [0.3, 0.4) is 0 Å². The fourth-order valence-electron chi connectivity index (χ4n) is 5.86. The fraction of sp³-hybridized carbons (Fsp3) is 0.524. The predicted molar refractivity (Wildman–Crippen MR) is 101 cm³/mol. The Bertz CT molecular complexity index is 989. The van der Waals surface area contributed by atoms with Crippen LogP contribution in [0.5, 0.6) is 11.5 Å². The molecular formula is C21H23NO8. The average Bonchev–Trinajstić information content (AvgIpc) is 3.04. The highest BCUT2D eigenvalue weighted by molar-refractivity contribution is 5.81. The van der Waals surface area contributed by atoms with Crippen LogP contribution < -0.4 is 4.74 Å². The first kappa shape index (κ1) is 19.3. The third-order valence-electron chi connectivity index (χ3n) is 7.23. The number of hydrogen-bond donors (Lipinski definition) is 4. The topological polar surface area (TPSA) is 137 Å². The van der Waals surface area contributed by atoms with Crippen molar-refractivity contribution in [1.29, 1.82) is 0 Å². The Hall–Kier alpha value is -2.62. The number of phenols is 1. The van der Waals surface area contributed by atoms with Crippen molar-refractivity contribution in [3.8, 4) is 11.5 Å². The number of nitrogens with zero attached hydrogens (tertiary/aromatic N) is 1. The van der Waals surface area contributed by atoms with Crippen molar-refractivity contribution in [1.82, 2.24) is 4.90 Å². The highest BCUT2D eigenvalue weighted by Crippen LogP contribution is 2.65. The van der Waals surface area contributed by atoms with Crippen LogP contribution in [0.2, 0.25) is 0 Å². The van der Waals surface area contributed by atoms with Crippen molar-refractivity contribution >= 4 is 11.9 Å². The summed E-state index contributed by atoms with van der Waals surface area (Å²) in [5.74, 6) is -1.98. The standard InChI is InChI=1S/C21H23NO8/c1-22-7-6-20-16-10-2-3-11(23)17(16)30-18(20)13(4-5-21(20,28)14(22)8-10)29-15(25)9-12(24)19(26)27/h2-4,12,14,18,23-24,28H,5-9H2,1H3,(H,26,27)/t12-,14-,18+,20+,21-/m1/s1. The van der Waals surface area contributed by atoms with Gasteiger partial charge in [0, 0.05) is 18.0 Å². The number of rotatable bonds is 4. The molecule has 4 N–H and O–H groups in total. The number of ether oxygens (including phenoxy) is 2. The Balaban J connectivity index is 1.58. The minimum Gasteiger partial charge on any atom is -0.504 e. The van der Waals surface area contributed by atoms with Crippen LogP contribution in [0.15, 0.2) is 24.0 Å². The number of carbonyl (C=O) groups excluding carboxylic acids is 1. The number of aliphatic hydroxyl groups excluding tert-OH is 1. The van der Waals surface area contributed by atoms with Crippen LogP contribution in [0, 0.1) is 0 Å². The molecule has 30 heavy (non-hydrogen) atoms. The number of phenolic OH excluding ortho intramolecular Hbond substituents is 1. The molecule has 0 saturated carbocycles. The summed E-state index contributed by atoms with van der Waals surface area (Å²) in [7, 11) is 1.97. The van der Waals surface area contributed by atoms with Gasteiger partial charge >= 0.3 is 11.9 Å². The number of hydrogen-bond acceptors (Lipinski definition) is 8. The van der Waals surface area contributed by atoms with E-state index < -0.39 is 41.6 Å². The molecule has 2 aliphatic heterocycles. The SMILES string of the molecule is CN1CC[C@]23c4c5ccc(O)c4O[C@H]2C(OC(=O)C[C@@H](O)C(=O)O)=CC[C@@]3(O)[C@H]1C5. The molecule has 160 valence electrons. The van der Waals surface area contributed by atoms with Gasteiger partial charge in [-0.1, -0.05) is 6.07 Å². The normalized spacial score (nSPS) is 34.4. The number of carbonyl (C=O) groups is 2. The second-order valence-electron chi connectivity index (χ2n) is 8.63. The number of likely N-dealkylation sites (N-methyl/N-ethyl adjacent to an activating group) is 1. The highest BCUT2D eigenvalue weighted by Gasteiger charge is 2.72. The molecule has 9 heteroatoms. The van der Waals surface area contributed by atoms with Crippen molar-refractivity contribution in [3.63, 3.8) is 0 Å². The maximum absolute atomic E-state index is 12.3. The Kier molecular flexibility index (Phi) is 3.99. The number of carboxylic acids is 1. The summed E-state index contributed by atoms with van der Waals surface area (Å²) >= 11 is 0. The first-order valence-electron chi connectivity index (χ1n) is 9.95. The smallest absolute Gasteiger partial charge is 0.333 e. The number of benzene rings is 1. The van der Waals surface area contributed by atoms with E-state index in [1.807, 2.05) is 13.1 Å². The number of carboxylic acid groups (broad SMARTS) is 1. The molecule has 1 spiro atoms. The average molecular weight is 417 g/mol. The number of likely N-dealkylation sites (tertiary alicyclic amines) is 1. The minimum absolute atomic E-state index is 0.0378. The summed E-state index contributed by atoms with van der Waals surface area (Å²) in [5, 5.41) is 40.7. The van der Waals surface area contributed by atoms with E-state index in [0.29, 0.717) is 25.1 Å². The molecule has 2 heterocycles. The van der Waals surface area contributed by atoms with Crippen molar-refractivity contribution in [2.24, 2.45) is 0 Å². The van der Waals surface area contributed by atoms with Crippen LogP contribution in [0.4, 0.5) is 0 Å². The van der Waals surface area contributed by atoms with Gasteiger partial charge in [-0.3, -0.25) is 4.79 Å². The summed E-state index contributed by atoms with van der Waals surface area (Å²) in [5.41, 5.74) is -0.304. The van der Waals surface area contributed by atoms with E-state index in [4.69, 9.17) is 14.6 Å². The van der Waals surface area contributed by atoms with Gasteiger partial charge in [0.05, 0.1) is 17.4 Å². The molecule has 0 aromatic heterocycles. The molecule has 1 aromatic carbocycles. The first-order valence-corrected chi connectivity index (χ1v) is 9.95. The molecule has 2 aliphatic carbocycles. The van der Waals surface area contributed by atoms with Crippen molar-refractivity contribution in [2.45, 2.75) is 54.9 Å². The lowest BCUT2D eigenvalue weighted by Crippen LogP contribution is -2.74. The lowest BCUT2D eigenvalue weighted by Gasteiger charge is -2.61. The molecule has 1 aromatic rings. The number of esters is 1. The zero-order valence-corrected chi connectivity index (χ0v) is 16.4. The minimum atomic E-state index is -1.86. The molecule has 1 saturated heterocycles. The quantitative estimate of drug-likeness (QED) is 0.501. The van der Waals surface area contributed by atoms with Gasteiger partial charge in [0.15, 0.2) is 23.7 Å². The van der Waals surface area contributed by atoms with E-state index >= 15 is 0 Å². The van der Waals surface area contributed by atoms with Gasteiger partial charge in [0.1, 0.15) is 5.76 Å². The molecule has 9 nitrogen and oxygen atoms in total. The van der Waals surface area contributed by atoms with E-state index in [2.05, 4.69) is 4.90 Å².